The molecule has 29 heavy (non-hydrogen) atoms. The molecule has 0 aliphatic carbocycles. The molecule has 2 aromatic carbocycles. The van der Waals surface area contributed by atoms with Crippen LogP contribution in [0.1, 0.15) is 0 Å². The van der Waals surface area contributed by atoms with Crippen molar-refractivity contribution in [2.75, 3.05) is 38.1 Å². The van der Waals surface area contributed by atoms with Crippen LogP contribution < -0.4 is 9.80 Å². The topological polar surface area (TPSA) is 38.4 Å². The highest BCUT2D eigenvalue weighted by Gasteiger charge is 2.24. The molecule has 5 rings (SSSR count). The normalized spacial score (nSPS) is 15.2. The Morgan fingerprint density at radius 1 is 0.931 bits per heavy atom. The van der Waals surface area contributed by atoms with E-state index in [2.05, 4.69) is 52.0 Å². The van der Waals surface area contributed by atoms with Crippen LogP contribution in [-0.4, -0.2) is 47.8 Å². The molecule has 2 aromatic heterocycles. The summed E-state index contributed by atoms with van der Waals surface area (Å²) >= 11 is 6.11. The van der Waals surface area contributed by atoms with E-state index in [-0.39, 0.29) is 0 Å². The van der Waals surface area contributed by atoms with E-state index < -0.39 is 0 Å². The number of benzene rings is 2. The van der Waals surface area contributed by atoms with Gasteiger partial charge in [-0.25, -0.2) is 9.97 Å². The Morgan fingerprint density at radius 2 is 1.66 bits per heavy atom. The summed E-state index contributed by atoms with van der Waals surface area (Å²) in [4.78, 5) is 13.4. The van der Waals surface area contributed by atoms with Gasteiger partial charge in [-0.1, -0.05) is 41.9 Å². The molecule has 0 saturated carbocycles. The van der Waals surface area contributed by atoms with Crippen LogP contribution in [0.5, 0.6) is 0 Å². The molecule has 1 aliphatic rings. The van der Waals surface area contributed by atoms with Crippen LogP contribution >= 0.6 is 11.6 Å². The van der Waals surface area contributed by atoms with Crippen molar-refractivity contribution in [2.24, 2.45) is 0 Å². The van der Waals surface area contributed by atoms with Crippen LogP contribution in [-0.2, 0) is 0 Å². The maximum absolute atomic E-state index is 6.11. The van der Waals surface area contributed by atoms with Gasteiger partial charge < -0.3 is 14.4 Å². The average Bonchev–Trinajstić information content (AvgIpc) is 3.15. The van der Waals surface area contributed by atoms with Gasteiger partial charge in [-0.3, -0.25) is 0 Å². The predicted octanol–water partition coefficient (Wildman–Crippen LogP) is 3.08. The Balaban J connectivity index is 1.74. The summed E-state index contributed by atoms with van der Waals surface area (Å²) in [5.41, 5.74) is 4.27. The molecule has 4 aromatic rings. The van der Waals surface area contributed by atoms with Crippen molar-refractivity contribution in [1.82, 2.24) is 14.5 Å². The molecule has 146 valence electrons. The minimum atomic E-state index is 0.726. The molecule has 5 nitrogen and oxygen atoms in total. The van der Waals surface area contributed by atoms with Gasteiger partial charge in [0.05, 0.1) is 38.6 Å². The Kier molecular flexibility index (Phi) is 4.70. The fourth-order valence-electron chi connectivity index (χ4n) is 4.02. The van der Waals surface area contributed by atoms with Crippen LogP contribution in [0.3, 0.4) is 0 Å². The number of fused-ring (bicyclic) bond motifs is 1. The monoisotopic (exact) mass is 404 g/mol. The molecule has 3 heterocycles. The molecule has 0 radical (unpaired) electrons. The first-order chi connectivity index (χ1) is 14.2. The summed E-state index contributed by atoms with van der Waals surface area (Å²) in [7, 11) is 2.25. The number of halogens is 1. The lowest BCUT2D eigenvalue weighted by molar-refractivity contribution is -0.880. The lowest BCUT2D eigenvalue weighted by Gasteiger charge is -2.31. The first-order valence-corrected chi connectivity index (χ1v) is 10.3. The van der Waals surface area contributed by atoms with Crippen molar-refractivity contribution in [1.29, 1.82) is 0 Å². The van der Waals surface area contributed by atoms with Crippen molar-refractivity contribution >= 4 is 28.5 Å². The SMILES string of the molecule is C[NH+]1CCN(c2ncnc3c2c(-c2ccccc2)cn3-c2ccc(Cl)cc2)CC1. The standard InChI is InChI=1S/C23H22ClN5/c1-27-11-13-28(14-12-27)22-21-20(17-5-3-2-4-6-17)15-29(23(21)26-16-25-22)19-9-7-18(24)8-10-19/h2-10,15-16H,11-14H2,1H3/p+1. The summed E-state index contributed by atoms with van der Waals surface area (Å²) < 4.78 is 2.14. The van der Waals surface area contributed by atoms with Crippen molar-refractivity contribution in [3.8, 4) is 16.8 Å². The first kappa shape index (κ1) is 18.2. The fraction of sp³-hybridized carbons (Fsp3) is 0.217. The number of likely N-dealkylation sites (N-methyl/N-ethyl adjacent to an activating group) is 1. The lowest BCUT2D eigenvalue weighted by Crippen LogP contribution is -3.12. The van der Waals surface area contributed by atoms with E-state index in [1.54, 1.807) is 11.2 Å². The smallest absolute Gasteiger partial charge is 0.150 e. The highest BCUT2D eigenvalue weighted by Crippen LogP contribution is 2.36. The third-order valence-corrected chi connectivity index (χ3v) is 5.92. The molecule has 0 atom stereocenters. The summed E-state index contributed by atoms with van der Waals surface area (Å²) in [5.74, 6) is 1.02. The van der Waals surface area contributed by atoms with Crippen LogP contribution in [0.25, 0.3) is 27.8 Å². The molecular weight excluding hydrogens is 382 g/mol. The number of nitrogens with zero attached hydrogens (tertiary/aromatic N) is 4. The number of hydrogen-bond acceptors (Lipinski definition) is 3. The zero-order valence-electron chi connectivity index (χ0n) is 16.3. The van der Waals surface area contributed by atoms with E-state index in [4.69, 9.17) is 16.6 Å². The third kappa shape index (κ3) is 3.37. The molecule has 0 unspecified atom stereocenters. The average molecular weight is 405 g/mol. The molecule has 0 amide bonds. The van der Waals surface area contributed by atoms with E-state index in [0.29, 0.717) is 0 Å². The van der Waals surface area contributed by atoms with E-state index >= 15 is 0 Å². The van der Waals surface area contributed by atoms with Gasteiger partial charge in [0, 0.05) is 22.5 Å². The summed E-state index contributed by atoms with van der Waals surface area (Å²) in [5, 5.41) is 1.83. The largest absolute Gasteiger partial charge is 0.345 e. The minimum absolute atomic E-state index is 0.726. The Bertz CT molecular complexity index is 1130. The van der Waals surface area contributed by atoms with Gasteiger partial charge >= 0.3 is 0 Å². The summed E-state index contributed by atoms with van der Waals surface area (Å²) in [6.45, 7) is 4.23. The molecular formula is C23H23ClN5+. The number of anilines is 1. The van der Waals surface area contributed by atoms with Gasteiger partial charge in [-0.05, 0) is 29.8 Å². The zero-order valence-corrected chi connectivity index (χ0v) is 17.1. The van der Waals surface area contributed by atoms with E-state index in [0.717, 1.165) is 59.3 Å². The zero-order chi connectivity index (χ0) is 19.8. The Morgan fingerprint density at radius 3 is 2.38 bits per heavy atom. The van der Waals surface area contributed by atoms with Crippen LogP contribution in [0.4, 0.5) is 5.82 Å². The number of rotatable bonds is 3. The quantitative estimate of drug-likeness (QED) is 0.570. The first-order valence-electron chi connectivity index (χ1n) is 9.94. The van der Waals surface area contributed by atoms with E-state index in [9.17, 15) is 0 Å². The number of nitrogens with one attached hydrogen (secondary N) is 1. The van der Waals surface area contributed by atoms with Crippen LogP contribution in [0.15, 0.2) is 67.1 Å². The van der Waals surface area contributed by atoms with Gasteiger partial charge in [-0.15, -0.1) is 0 Å². The number of hydrogen-bond donors (Lipinski definition) is 1. The summed E-state index contributed by atoms with van der Waals surface area (Å²) in [6.07, 6.45) is 3.85. The van der Waals surface area contributed by atoms with Crippen molar-refractivity contribution < 1.29 is 4.90 Å². The highest BCUT2D eigenvalue weighted by molar-refractivity contribution is 6.30. The molecule has 0 bridgehead atoms. The van der Waals surface area contributed by atoms with Gasteiger partial charge in [-0.2, -0.15) is 0 Å². The van der Waals surface area contributed by atoms with Gasteiger partial charge in [0.25, 0.3) is 0 Å². The molecule has 1 N–H and O–H groups in total. The van der Waals surface area contributed by atoms with Crippen molar-refractivity contribution in [3.63, 3.8) is 0 Å². The second-order valence-electron chi connectivity index (χ2n) is 7.60. The van der Waals surface area contributed by atoms with Gasteiger partial charge in [0.1, 0.15) is 12.1 Å². The Labute approximate surface area is 175 Å². The second-order valence-corrected chi connectivity index (χ2v) is 8.03. The third-order valence-electron chi connectivity index (χ3n) is 5.67. The molecule has 1 fully saturated rings. The predicted molar refractivity (Wildman–Crippen MR) is 118 cm³/mol. The van der Waals surface area contributed by atoms with Crippen LogP contribution in [0.2, 0.25) is 5.02 Å². The maximum atomic E-state index is 6.11. The summed E-state index contributed by atoms with van der Waals surface area (Å²) in [6, 6.07) is 18.4. The fourth-order valence-corrected chi connectivity index (χ4v) is 4.15. The van der Waals surface area contributed by atoms with Gasteiger partial charge in [0.15, 0.2) is 5.65 Å². The van der Waals surface area contributed by atoms with E-state index in [1.807, 2.05) is 30.3 Å². The van der Waals surface area contributed by atoms with Crippen molar-refractivity contribution in [2.45, 2.75) is 0 Å². The maximum Gasteiger partial charge on any atom is 0.150 e. The van der Waals surface area contributed by atoms with E-state index in [1.165, 1.54) is 5.56 Å². The molecule has 1 saturated heterocycles. The Hall–Kier alpha value is -2.89. The number of piperazine rings is 1. The highest BCUT2D eigenvalue weighted by atomic mass is 35.5. The number of aromatic nitrogens is 3. The molecule has 0 spiro atoms. The van der Waals surface area contributed by atoms with Gasteiger partial charge in [0.2, 0.25) is 0 Å². The molecule has 1 aliphatic heterocycles. The second kappa shape index (κ2) is 7.50. The minimum Gasteiger partial charge on any atom is -0.345 e. The van der Waals surface area contributed by atoms with Crippen molar-refractivity contribution in [3.05, 3.63) is 72.1 Å². The van der Waals surface area contributed by atoms with Crippen LogP contribution in [0, 0.1) is 0 Å². The number of quaternary nitrogens is 1. The molecule has 6 heteroatoms. The lowest BCUT2D eigenvalue weighted by atomic mass is 10.1.